The molecule has 1 rings (SSSR count). The van der Waals surface area contributed by atoms with E-state index in [0.29, 0.717) is 5.56 Å². The molecular formula is C13H18O5S. The van der Waals surface area contributed by atoms with Crippen molar-refractivity contribution in [3.8, 4) is 5.75 Å². The molecule has 19 heavy (non-hydrogen) atoms. The minimum Gasteiger partial charge on any atom is -0.494 e. The number of methoxy groups -OCH3 is 2. The van der Waals surface area contributed by atoms with Crippen molar-refractivity contribution in [1.29, 1.82) is 0 Å². The number of carbonyl (C=O) groups excluding carboxylic acids is 1. The largest absolute Gasteiger partial charge is 0.494 e. The van der Waals surface area contributed by atoms with Gasteiger partial charge in [-0.05, 0) is 17.5 Å². The van der Waals surface area contributed by atoms with E-state index in [1.165, 1.54) is 20.3 Å². The lowest BCUT2D eigenvalue weighted by Gasteiger charge is -2.17. The molecule has 0 atom stereocenters. The second kappa shape index (κ2) is 5.61. The molecule has 1 aromatic carbocycles. The first-order valence-electron chi connectivity index (χ1n) is 5.73. The maximum Gasteiger partial charge on any atom is 0.341 e. The van der Waals surface area contributed by atoms with Gasteiger partial charge < -0.3 is 9.47 Å². The maximum absolute atomic E-state index is 12.0. The second-order valence-corrected chi connectivity index (χ2v) is 6.44. The fourth-order valence-electron chi connectivity index (χ4n) is 1.89. The van der Waals surface area contributed by atoms with Crippen molar-refractivity contribution in [3.05, 3.63) is 23.3 Å². The molecule has 0 heterocycles. The zero-order valence-electron chi connectivity index (χ0n) is 11.7. The summed E-state index contributed by atoms with van der Waals surface area (Å²) in [6.45, 7) is 3.75. The number of hydrogen-bond acceptors (Lipinski definition) is 5. The summed E-state index contributed by atoms with van der Waals surface area (Å²) in [5, 5.41) is 0. The fourth-order valence-corrected chi connectivity index (χ4v) is 3.15. The van der Waals surface area contributed by atoms with Gasteiger partial charge in [-0.25, -0.2) is 13.2 Å². The predicted molar refractivity (Wildman–Crippen MR) is 71.5 cm³/mol. The van der Waals surface area contributed by atoms with E-state index in [1.807, 2.05) is 13.8 Å². The molecule has 0 unspecified atom stereocenters. The van der Waals surface area contributed by atoms with Crippen LogP contribution in [0.1, 0.15) is 35.7 Å². The minimum atomic E-state index is -3.52. The molecule has 0 aliphatic heterocycles. The summed E-state index contributed by atoms with van der Waals surface area (Å²) in [5.41, 5.74) is 0.724. The third kappa shape index (κ3) is 3.07. The van der Waals surface area contributed by atoms with Gasteiger partial charge in [-0.2, -0.15) is 0 Å². The average Bonchev–Trinajstić information content (AvgIpc) is 2.34. The molecule has 0 aromatic heterocycles. The zero-order chi connectivity index (χ0) is 14.8. The molecule has 0 radical (unpaired) electrons. The van der Waals surface area contributed by atoms with Crippen LogP contribution in [-0.2, 0) is 14.6 Å². The highest BCUT2D eigenvalue weighted by atomic mass is 32.2. The summed E-state index contributed by atoms with van der Waals surface area (Å²) in [6.07, 6.45) is 1.10. The number of hydrogen-bond donors (Lipinski definition) is 0. The molecule has 0 fully saturated rings. The van der Waals surface area contributed by atoms with E-state index in [2.05, 4.69) is 4.74 Å². The van der Waals surface area contributed by atoms with E-state index >= 15 is 0 Å². The van der Waals surface area contributed by atoms with Crippen LogP contribution >= 0.6 is 0 Å². The Hall–Kier alpha value is -1.56. The van der Waals surface area contributed by atoms with Gasteiger partial charge in [-0.1, -0.05) is 19.9 Å². The van der Waals surface area contributed by atoms with Crippen molar-refractivity contribution in [2.45, 2.75) is 24.7 Å². The Kier molecular flexibility index (Phi) is 4.57. The van der Waals surface area contributed by atoms with Crippen LogP contribution in [0.2, 0.25) is 0 Å². The smallest absolute Gasteiger partial charge is 0.341 e. The number of sulfone groups is 1. The van der Waals surface area contributed by atoms with Crippen molar-refractivity contribution >= 4 is 15.8 Å². The number of ether oxygens (including phenoxy) is 2. The first-order valence-corrected chi connectivity index (χ1v) is 7.62. The van der Waals surface area contributed by atoms with Gasteiger partial charge in [-0.15, -0.1) is 0 Å². The highest BCUT2D eigenvalue weighted by molar-refractivity contribution is 7.90. The lowest BCUT2D eigenvalue weighted by molar-refractivity contribution is 0.0596. The van der Waals surface area contributed by atoms with Gasteiger partial charge in [0.15, 0.2) is 15.6 Å². The molecule has 1 aromatic rings. The minimum absolute atomic E-state index is 0.00896. The monoisotopic (exact) mass is 286 g/mol. The van der Waals surface area contributed by atoms with E-state index in [4.69, 9.17) is 4.74 Å². The van der Waals surface area contributed by atoms with Gasteiger partial charge in [0.25, 0.3) is 0 Å². The third-order valence-corrected chi connectivity index (χ3v) is 3.91. The SMILES string of the molecule is COC(=O)c1ccc(C(C)C)c(S(C)(=O)=O)c1OC. The predicted octanol–water partition coefficient (Wildman–Crippen LogP) is 2.01. The summed E-state index contributed by atoms with van der Waals surface area (Å²) >= 11 is 0. The van der Waals surface area contributed by atoms with E-state index < -0.39 is 15.8 Å². The number of rotatable bonds is 4. The standard InChI is InChI=1S/C13H18O5S/c1-8(2)9-6-7-10(13(14)18-4)11(17-3)12(9)19(5,15)16/h6-8H,1-5H3. The molecule has 106 valence electrons. The van der Waals surface area contributed by atoms with Gasteiger partial charge in [0, 0.05) is 6.26 Å². The Morgan fingerprint density at radius 1 is 1.21 bits per heavy atom. The van der Waals surface area contributed by atoms with Crippen LogP contribution in [0, 0.1) is 0 Å². The highest BCUT2D eigenvalue weighted by Gasteiger charge is 2.26. The molecule has 0 bridgehead atoms. The van der Waals surface area contributed by atoms with Crippen molar-refractivity contribution < 1.29 is 22.7 Å². The van der Waals surface area contributed by atoms with Gasteiger partial charge in [0.05, 0.1) is 14.2 Å². The highest BCUT2D eigenvalue weighted by Crippen LogP contribution is 2.35. The van der Waals surface area contributed by atoms with Crippen molar-refractivity contribution in [2.75, 3.05) is 20.5 Å². The first kappa shape index (κ1) is 15.5. The lowest BCUT2D eigenvalue weighted by atomic mass is 10.0. The van der Waals surface area contributed by atoms with Crippen LogP contribution in [0.3, 0.4) is 0 Å². The van der Waals surface area contributed by atoms with Gasteiger partial charge >= 0.3 is 5.97 Å². The number of esters is 1. The molecule has 5 nitrogen and oxygen atoms in total. The number of carbonyl (C=O) groups is 1. The van der Waals surface area contributed by atoms with Gasteiger partial charge in [0.2, 0.25) is 0 Å². The van der Waals surface area contributed by atoms with Gasteiger partial charge in [0.1, 0.15) is 10.5 Å². The van der Waals surface area contributed by atoms with Crippen molar-refractivity contribution in [3.63, 3.8) is 0 Å². The Balaban J connectivity index is 3.75. The van der Waals surface area contributed by atoms with Crippen LogP contribution in [0.5, 0.6) is 5.75 Å². The maximum atomic E-state index is 12.0. The molecular weight excluding hydrogens is 268 g/mol. The van der Waals surface area contributed by atoms with E-state index in [0.717, 1.165) is 6.26 Å². The molecule has 0 amide bonds. The zero-order valence-corrected chi connectivity index (χ0v) is 12.5. The lowest BCUT2D eigenvalue weighted by Crippen LogP contribution is -2.12. The fraction of sp³-hybridized carbons (Fsp3) is 0.462. The summed E-state index contributed by atoms with van der Waals surface area (Å²) in [6, 6.07) is 3.14. The van der Waals surface area contributed by atoms with Crippen molar-refractivity contribution in [1.82, 2.24) is 0 Å². The topological polar surface area (TPSA) is 69.7 Å². The van der Waals surface area contributed by atoms with Crippen LogP contribution in [-0.4, -0.2) is 34.9 Å². The molecule has 0 spiro atoms. The van der Waals surface area contributed by atoms with E-state index in [9.17, 15) is 13.2 Å². The third-order valence-electron chi connectivity index (χ3n) is 2.74. The van der Waals surface area contributed by atoms with Crippen LogP contribution < -0.4 is 4.74 Å². The van der Waals surface area contributed by atoms with E-state index in [1.54, 1.807) is 6.07 Å². The summed E-state index contributed by atoms with van der Waals surface area (Å²) < 4.78 is 33.7. The van der Waals surface area contributed by atoms with Crippen LogP contribution in [0.4, 0.5) is 0 Å². The molecule has 6 heteroatoms. The molecule has 0 saturated carbocycles. The van der Waals surface area contributed by atoms with Gasteiger partial charge in [-0.3, -0.25) is 0 Å². The number of benzene rings is 1. The van der Waals surface area contributed by atoms with Crippen LogP contribution in [0.15, 0.2) is 17.0 Å². The van der Waals surface area contributed by atoms with E-state index in [-0.39, 0.29) is 22.1 Å². The molecule has 0 aliphatic carbocycles. The molecule has 0 aliphatic rings. The molecule has 0 saturated heterocycles. The normalized spacial score (nSPS) is 11.5. The Morgan fingerprint density at radius 2 is 1.79 bits per heavy atom. The molecule has 0 N–H and O–H groups in total. The van der Waals surface area contributed by atoms with Crippen LogP contribution in [0.25, 0.3) is 0 Å². The Morgan fingerprint density at radius 3 is 2.16 bits per heavy atom. The summed E-state index contributed by atoms with van der Waals surface area (Å²) in [5.74, 6) is -0.595. The quantitative estimate of drug-likeness (QED) is 0.792. The first-order chi connectivity index (χ1) is 8.73. The summed E-state index contributed by atoms with van der Waals surface area (Å²) in [7, 11) is -0.950. The summed E-state index contributed by atoms with van der Waals surface area (Å²) in [4.78, 5) is 11.7. The average molecular weight is 286 g/mol. The Bertz CT molecular complexity index is 587. The Labute approximate surface area is 113 Å². The second-order valence-electron chi connectivity index (χ2n) is 4.48. The van der Waals surface area contributed by atoms with Crippen molar-refractivity contribution in [2.24, 2.45) is 0 Å².